The number of hydrogen-bond acceptors (Lipinski definition) is 2. The molecule has 0 unspecified atom stereocenters. The molecule has 0 aliphatic rings. The first-order valence-corrected chi connectivity index (χ1v) is 11.9. The van der Waals surface area contributed by atoms with Crippen LogP contribution in [-0.4, -0.2) is 0 Å². The van der Waals surface area contributed by atoms with Gasteiger partial charge in [0.25, 0.3) is 0 Å². The van der Waals surface area contributed by atoms with E-state index in [-0.39, 0.29) is 0 Å². The fourth-order valence-corrected chi connectivity index (χ4v) is 6.70. The molecule has 0 fully saturated rings. The van der Waals surface area contributed by atoms with Gasteiger partial charge in [-0.05, 0) is 41.7 Å². The summed E-state index contributed by atoms with van der Waals surface area (Å²) >= 11 is 3.86. The predicted octanol–water partition coefficient (Wildman–Crippen LogP) is 9.06. The molecule has 0 saturated heterocycles. The molecule has 2 aromatic heterocycles. The van der Waals surface area contributed by atoms with E-state index in [9.17, 15) is 0 Å². The summed E-state index contributed by atoms with van der Waals surface area (Å²) in [5.41, 5.74) is 4.10. The van der Waals surface area contributed by atoms with E-state index in [1.165, 1.54) is 78.4 Å². The van der Waals surface area contributed by atoms with Gasteiger partial charge in [-0.3, -0.25) is 0 Å². The summed E-state index contributed by atoms with van der Waals surface area (Å²) in [4.78, 5) is 0. The van der Waals surface area contributed by atoms with E-state index in [0.29, 0.717) is 0 Å². The van der Waals surface area contributed by atoms with Crippen molar-refractivity contribution in [2.24, 2.45) is 0 Å². The first kappa shape index (κ1) is 17.9. The van der Waals surface area contributed by atoms with Gasteiger partial charge in [0.2, 0.25) is 0 Å². The molecule has 2 heterocycles. The SMILES string of the molecule is CCCCCCc1ccc(-c2ccc3c(c2)sc2c4ccccc4sc32)cc1. The maximum Gasteiger partial charge on any atom is 0.0542 e. The summed E-state index contributed by atoms with van der Waals surface area (Å²) in [6.07, 6.45) is 6.51. The van der Waals surface area contributed by atoms with Crippen LogP contribution in [0.3, 0.4) is 0 Å². The van der Waals surface area contributed by atoms with Crippen molar-refractivity contribution in [1.29, 1.82) is 0 Å². The third-order valence-electron chi connectivity index (χ3n) is 5.59. The zero-order valence-corrected chi connectivity index (χ0v) is 17.8. The van der Waals surface area contributed by atoms with Crippen molar-refractivity contribution in [3.63, 3.8) is 0 Å². The Balaban J connectivity index is 1.45. The topological polar surface area (TPSA) is 0 Å². The molecule has 140 valence electrons. The second kappa shape index (κ2) is 7.69. The lowest BCUT2D eigenvalue weighted by Gasteiger charge is -2.05. The highest BCUT2D eigenvalue weighted by atomic mass is 32.1. The van der Waals surface area contributed by atoms with Crippen molar-refractivity contribution in [2.45, 2.75) is 39.0 Å². The van der Waals surface area contributed by atoms with E-state index in [2.05, 4.69) is 73.7 Å². The highest BCUT2D eigenvalue weighted by Gasteiger charge is 2.12. The van der Waals surface area contributed by atoms with Crippen LogP contribution in [0.15, 0.2) is 66.7 Å². The number of thiophene rings is 2. The average Bonchev–Trinajstić information content (AvgIpc) is 3.27. The van der Waals surface area contributed by atoms with E-state index in [4.69, 9.17) is 0 Å². The Kier molecular flexibility index (Phi) is 4.92. The zero-order valence-electron chi connectivity index (χ0n) is 16.2. The van der Waals surface area contributed by atoms with Crippen LogP contribution in [0.25, 0.3) is 40.7 Å². The first-order valence-electron chi connectivity index (χ1n) is 10.3. The normalized spacial score (nSPS) is 11.8. The Labute approximate surface area is 174 Å². The maximum absolute atomic E-state index is 2.37. The lowest BCUT2D eigenvalue weighted by atomic mass is 10.0. The minimum atomic E-state index is 1.20. The average molecular weight is 401 g/mol. The van der Waals surface area contributed by atoms with Gasteiger partial charge in [-0.15, -0.1) is 22.7 Å². The molecule has 3 aromatic carbocycles. The lowest BCUT2D eigenvalue weighted by molar-refractivity contribution is 0.667. The first-order chi connectivity index (χ1) is 13.8. The summed E-state index contributed by atoms with van der Waals surface area (Å²) in [5.74, 6) is 0. The number of hydrogen-bond donors (Lipinski definition) is 0. The predicted molar refractivity (Wildman–Crippen MR) is 128 cm³/mol. The summed E-state index contributed by atoms with van der Waals surface area (Å²) in [6, 6.07) is 25.0. The molecule has 0 radical (unpaired) electrons. The highest BCUT2D eigenvalue weighted by Crippen LogP contribution is 2.44. The van der Waals surface area contributed by atoms with E-state index in [0.717, 1.165) is 0 Å². The van der Waals surface area contributed by atoms with E-state index in [1.807, 2.05) is 22.7 Å². The molecular weight excluding hydrogens is 376 g/mol. The molecule has 0 amide bonds. The lowest BCUT2D eigenvalue weighted by Crippen LogP contribution is -1.86. The summed E-state index contributed by atoms with van der Waals surface area (Å²) in [7, 11) is 0. The van der Waals surface area contributed by atoms with Crippen molar-refractivity contribution in [3.8, 4) is 11.1 Å². The molecule has 0 aliphatic heterocycles. The van der Waals surface area contributed by atoms with E-state index < -0.39 is 0 Å². The fourth-order valence-electron chi connectivity index (χ4n) is 4.00. The minimum Gasteiger partial charge on any atom is -0.134 e. The van der Waals surface area contributed by atoms with Crippen LogP contribution < -0.4 is 0 Å². The summed E-state index contributed by atoms with van der Waals surface area (Å²) < 4.78 is 5.67. The van der Waals surface area contributed by atoms with Gasteiger partial charge < -0.3 is 0 Å². The standard InChI is InChI=1S/C26H24S2/c1-2-3-4-5-8-18-11-13-19(14-12-18)20-15-16-22-24(17-20)28-25-21-9-6-7-10-23(21)27-26(22)25/h6-7,9-17H,2-5,8H2,1H3. The van der Waals surface area contributed by atoms with Gasteiger partial charge in [-0.25, -0.2) is 0 Å². The molecule has 0 spiro atoms. The van der Waals surface area contributed by atoms with Gasteiger partial charge in [0.1, 0.15) is 0 Å². The Morgan fingerprint density at radius 1 is 0.643 bits per heavy atom. The smallest absolute Gasteiger partial charge is 0.0542 e. The zero-order chi connectivity index (χ0) is 18.9. The molecule has 0 bridgehead atoms. The van der Waals surface area contributed by atoms with Crippen molar-refractivity contribution >= 4 is 52.2 Å². The number of unbranched alkanes of at least 4 members (excludes halogenated alkanes) is 3. The molecule has 0 atom stereocenters. The van der Waals surface area contributed by atoms with Crippen molar-refractivity contribution in [1.82, 2.24) is 0 Å². The molecule has 0 N–H and O–H groups in total. The maximum atomic E-state index is 2.37. The van der Waals surface area contributed by atoms with Crippen molar-refractivity contribution in [3.05, 3.63) is 72.3 Å². The molecule has 5 aromatic rings. The second-order valence-corrected chi connectivity index (χ2v) is 9.68. The van der Waals surface area contributed by atoms with Crippen LogP contribution in [0, 0.1) is 0 Å². The summed E-state index contributed by atoms with van der Waals surface area (Å²) in [5, 5.41) is 2.80. The van der Waals surface area contributed by atoms with Crippen LogP contribution in [0.2, 0.25) is 0 Å². The largest absolute Gasteiger partial charge is 0.134 e. The van der Waals surface area contributed by atoms with Crippen LogP contribution in [0.4, 0.5) is 0 Å². The van der Waals surface area contributed by atoms with Crippen LogP contribution in [-0.2, 0) is 6.42 Å². The summed E-state index contributed by atoms with van der Waals surface area (Å²) in [6.45, 7) is 2.27. The van der Waals surface area contributed by atoms with Crippen molar-refractivity contribution < 1.29 is 0 Å². The fraction of sp³-hybridized carbons (Fsp3) is 0.231. The molecule has 0 nitrogen and oxygen atoms in total. The second-order valence-electron chi connectivity index (χ2n) is 7.58. The quantitative estimate of drug-likeness (QED) is 0.249. The molecule has 0 saturated carbocycles. The number of fused-ring (bicyclic) bond motifs is 5. The third-order valence-corrected chi connectivity index (χ3v) is 8.11. The van der Waals surface area contributed by atoms with Crippen LogP contribution in [0.1, 0.15) is 38.2 Å². The van der Waals surface area contributed by atoms with Gasteiger partial charge in [-0.1, -0.05) is 80.8 Å². The van der Waals surface area contributed by atoms with E-state index in [1.54, 1.807) is 0 Å². The Morgan fingerprint density at radius 2 is 1.36 bits per heavy atom. The Bertz CT molecular complexity index is 1240. The van der Waals surface area contributed by atoms with Crippen LogP contribution >= 0.6 is 22.7 Å². The minimum absolute atomic E-state index is 1.20. The number of rotatable bonds is 6. The Morgan fingerprint density at radius 3 is 2.18 bits per heavy atom. The van der Waals surface area contributed by atoms with Crippen molar-refractivity contribution in [2.75, 3.05) is 0 Å². The number of aryl methyl sites for hydroxylation is 1. The van der Waals surface area contributed by atoms with Gasteiger partial charge in [0, 0.05) is 20.2 Å². The highest BCUT2D eigenvalue weighted by molar-refractivity contribution is 7.36. The molecule has 5 rings (SSSR count). The third kappa shape index (κ3) is 3.25. The molecule has 28 heavy (non-hydrogen) atoms. The van der Waals surface area contributed by atoms with Gasteiger partial charge in [-0.2, -0.15) is 0 Å². The van der Waals surface area contributed by atoms with Gasteiger partial charge >= 0.3 is 0 Å². The van der Waals surface area contributed by atoms with E-state index >= 15 is 0 Å². The van der Waals surface area contributed by atoms with Crippen LogP contribution in [0.5, 0.6) is 0 Å². The molecular formula is C26H24S2. The van der Waals surface area contributed by atoms with Gasteiger partial charge in [0.15, 0.2) is 0 Å². The number of benzene rings is 3. The molecule has 0 aliphatic carbocycles. The molecule has 2 heteroatoms. The Hall–Kier alpha value is -2.16. The van der Waals surface area contributed by atoms with Gasteiger partial charge in [0.05, 0.1) is 9.40 Å². The monoisotopic (exact) mass is 400 g/mol.